The molecule has 0 amide bonds. The van der Waals surface area contributed by atoms with Gasteiger partial charge in [0.25, 0.3) is 5.56 Å². The fourth-order valence-electron chi connectivity index (χ4n) is 4.33. The molecule has 1 aliphatic rings. The minimum Gasteiger partial charge on any atom is -0.324 e. The molecular weight excluding hydrogens is 433 g/mol. The van der Waals surface area contributed by atoms with E-state index < -0.39 is 0 Å². The highest BCUT2D eigenvalue weighted by Gasteiger charge is 2.21. The molecule has 4 aromatic rings. The monoisotopic (exact) mass is 461 g/mol. The van der Waals surface area contributed by atoms with Crippen LogP contribution in [0.2, 0.25) is 0 Å². The molecule has 1 aromatic carbocycles. The van der Waals surface area contributed by atoms with Crippen LogP contribution in [0.15, 0.2) is 41.3 Å². The van der Waals surface area contributed by atoms with Crippen LogP contribution >= 0.6 is 0 Å². The van der Waals surface area contributed by atoms with Crippen molar-refractivity contribution in [2.45, 2.75) is 52.6 Å². The normalized spacial score (nSPS) is 13.8. The molecule has 0 saturated carbocycles. The van der Waals surface area contributed by atoms with Crippen LogP contribution in [-0.4, -0.2) is 30.9 Å². The van der Waals surface area contributed by atoms with Gasteiger partial charge >= 0.3 is 0 Å². The third-order valence-corrected chi connectivity index (χ3v) is 6.11. The smallest absolute Gasteiger partial charge is 0.278 e. The SMILES string of the molecule is CCn1c(=O)c2cnc(Nc3cc(F)c4c(c3)CNCC4)nc2n1-c1cccc(C(C)(C)C)n1. The van der Waals surface area contributed by atoms with Gasteiger partial charge in [-0.2, -0.15) is 4.98 Å². The van der Waals surface area contributed by atoms with E-state index in [4.69, 9.17) is 4.98 Å². The lowest BCUT2D eigenvalue weighted by atomic mass is 9.92. The van der Waals surface area contributed by atoms with Crippen LogP contribution < -0.4 is 16.2 Å². The number of aromatic nitrogens is 5. The van der Waals surface area contributed by atoms with E-state index in [1.165, 1.54) is 12.3 Å². The number of hydrogen-bond acceptors (Lipinski definition) is 6. The summed E-state index contributed by atoms with van der Waals surface area (Å²) in [6, 6.07) is 9.16. The van der Waals surface area contributed by atoms with E-state index in [1.807, 2.05) is 31.2 Å². The van der Waals surface area contributed by atoms with Gasteiger partial charge in [0.1, 0.15) is 11.2 Å². The third-order valence-electron chi connectivity index (χ3n) is 6.11. The van der Waals surface area contributed by atoms with Gasteiger partial charge in [0, 0.05) is 36.1 Å². The van der Waals surface area contributed by atoms with Crippen LogP contribution in [0.5, 0.6) is 0 Å². The van der Waals surface area contributed by atoms with E-state index in [9.17, 15) is 9.18 Å². The summed E-state index contributed by atoms with van der Waals surface area (Å²) in [5.74, 6) is 0.654. The Kier molecular flexibility index (Phi) is 5.44. The summed E-state index contributed by atoms with van der Waals surface area (Å²) in [5, 5.41) is 6.78. The van der Waals surface area contributed by atoms with Gasteiger partial charge in [0.2, 0.25) is 5.95 Å². The number of pyridine rings is 1. The van der Waals surface area contributed by atoms with Crippen molar-refractivity contribution in [1.29, 1.82) is 0 Å². The zero-order valence-electron chi connectivity index (χ0n) is 19.8. The Hall–Kier alpha value is -3.59. The molecule has 34 heavy (non-hydrogen) atoms. The molecule has 0 bridgehead atoms. The molecule has 0 aliphatic carbocycles. The number of nitrogens with one attached hydrogen (secondary N) is 2. The second-order valence-corrected chi connectivity index (χ2v) is 9.54. The highest BCUT2D eigenvalue weighted by Crippen LogP contribution is 2.26. The molecule has 0 spiro atoms. The molecule has 0 fully saturated rings. The van der Waals surface area contributed by atoms with Crippen molar-refractivity contribution in [3.63, 3.8) is 0 Å². The number of halogens is 1. The molecule has 4 heterocycles. The number of anilines is 2. The summed E-state index contributed by atoms with van der Waals surface area (Å²) < 4.78 is 18.0. The number of hydrogen-bond donors (Lipinski definition) is 2. The number of fused-ring (bicyclic) bond motifs is 2. The quantitative estimate of drug-likeness (QED) is 0.480. The number of benzene rings is 1. The van der Waals surface area contributed by atoms with Gasteiger partial charge < -0.3 is 10.6 Å². The van der Waals surface area contributed by atoms with E-state index in [-0.39, 0.29) is 22.7 Å². The topological polar surface area (TPSA) is 89.7 Å². The zero-order chi connectivity index (χ0) is 24.0. The van der Waals surface area contributed by atoms with E-state index >= 15 is 0 Å². The summed E-state index contributed by atoms with van der Waals surface area (Å²) in [5.41, 5.74) is 3.26. The van der Waals surface area contributed by atoms with Crippen molar-refractivity contribution in [2.24, 2.45) is 0 Å². The maximum atomic E-state index is 14.6. The van der Waals surface area contributed by atoms with Crippen molar-refractivity contribution in [1.82, 2.24) is 29.6 Å². The highest BCUT2D eigenvalue weighted by atomic mass is 19.1. The van der Waals surface area contributed by atoms with Crippen molar-refractivity contribution in [3.8, 4) is 5.82 Å². The first-order chi connectivity index (χ1) is 16.3. The molecule has 0 atom stereocenters. The second kappa shape index (κ2) is 8.32. The molecule has 5 rings (SSSR count). The Labute approximate surface area is 196 Å². The zero-order valence-corrected chi connectivity index (χ0v) is 19.8. The molecule has 1 aliphatic heterocycles. The Bertz CT molecular complexity index is 1450. The average molecular weight is 462 g/mol. The predicted octanol–water partition coefficient (Wildman–Crippen LogP) is 3.82. The van der Waals surface area contributed by atoms with E-state index in [0.717, 1.165) is 23.4 Å². The molecule has 8 nitrogen and oxygen atoms in total. The van der Waals surface area contributed by atoms with Gasteiger partial charge in [-0.3, -0.25) is 4.79 Å². The summed E-state index contributed by atoms with van der Waals surface area (Å²) >= 11 is 0. The summed E-state index contributed by atoms with van der Waals surface area (Å²) in [7, 11) is 0. The predicted molar refractivity (Wildman–Crippen MR) is 130 cm³/mol. The summed E-state index contributed by atoms with van der Waals surface area (Å²) in [6.45, 7) is 10.0. The summed E-state index contributed by atoms with van der Waals surface area (Å²) in [4.78, 5) is 26.9. The molecule has 9 heteroatoms. The molecule has 176 valence electrons. The second-order valence-electron chi connectivity index (χ2n) is 9.54. The van der Waals surface area contributed by atoms with Gasteiger partial charge in [0.05, 0.1) is 0 Å². The Morgan fingerprint density at radius 2 is 2.03 bits per heavy atom. The molecule has 2 N–H and O–H groups in total. The van der Waals surface area contributed by atoms with Gasteiger partial charge in [-0.1, -0.05) is 26.8 Å². The van der Waals surface area contributed by atoms with E-state index in [0.29, 0.717) is 42.0 Å². The minimum absolute atomic E-state index is 0.149. The van der Waals surface area contributed by atoms with Crippen molar-refractivity contribution >= 4 is 22.7 Å². The van der Waals surface area contributed by atoms with Crippen LogP contribution in [0.1, 0.15) is 44.5 Å². The average Bonchev–Trinajstić information content (AvgIpc) is 3.09. The van der Waals surface area contributed by atoms with Crippen LogP contribution in [-0.2, 0) is 24.9 Å². The molecule has 0 radical (unpaired) electrons. The first-order valence-electron chi connectivity index (χ1n) is 11.5. The van der Waals surface area contributed by atoms with Crippen LogP contribution in [0, 0.1) is 5.82 Å². The number of rotatable bonds is 4. The first-order valence-corrected chi connectivity index (χ1v) is 11.5. The van der Waals surface area contributed by atoms with Crippen molar-refractivity contribution in [3.05, 3.63) is 69.5 Å². The maximum absolute atomic E-state index is 14.6. The summed E-state index contributed by atoms with van der Waals surface area (Å²) in [6.07, 6.45) is 2.18. The molecule has 0 unspecified atom stereocenters. The van der Waals surface area contributed by atoms with Gasteiger partial charge in [0.15, 0.2) is 11.5 Å². The van der Waals surface area contributed by atoms with Gasteiger partial charge in [-0.25, -0.2) is 23.7 Å². The lowest BCUT2D eigenvalue weighted by Crippen LogP contribution is -2.24. The Balaban J connectivity index is 1.61. The van der Waals surface area contributed by atoms with E-state index in [2.05, 4.69) is 41.4 Å². The highest BCUT2D eigenvalue weighted by molar-refractivity contribution is 5.77. The molecule has 0 saturated heterocycles. The largest absolute Gasteiger partial charge is 0.324 e. The molecule has 3 aromatic heterocycles. The number of nitrogens with zero attached hydrogens (tertiary/aromatic N) is 5. The van der Waals surface area contributed by atoms with Crippen LogP contribution in [0.4, 0.5) is 16.0 Å². The maximum Gasteiger partial charge on any atom is 0.278 e. The van der Waals surface area contributed by atoms with Gasteiger partial charge in [-0.05, 0) is 55.3 Å². The first kappa shape index (κ1) is 22.2. The van der Waals surface area contributed by atoms with Crippen LogP contribution in [0.3, 0.4) is 0 Å². The van der Waals surface area contributed by atoms with Crippen molar-refractivity contribution in [2.75, 3.05) is 11.9 Å². The van der Waals surface area contributed by atoms with Crippen molar-refractivity contribution < 1.29 is 4.39 Å². The Morgan fingerprint density at radius 1 is 1.21 bits per heavy atom. The lowest BCUT2D eigenvalue weighted by Gasteiger charge is -2.19. The van der Waals surface area contributed by atoms with E-state index in [1.54, 1.807) is 9.36 Å². The Morgan fingerprint density at radius 3 is 2.79 bits per heavy atom. The minimum atomic E-state index is -0.236. The molecular formula is C25H28FN7O. The van der Waals surface area contributed by atoms with Gasteiger partial charge in [-0.15, -0.1) is 0 Å². The third kappa shape index (κ3) is 3.86. The van der Waals surface area contributed by atoms with Crippen LogP contribution in [0.25, 0.3) is 16.9 Å². The standard InChI is InChI=1S/C25H28FN7O/c1-5-32-23(34)18-14-28-24(29-16-11-15-13-27-10-9-17(15)19(26)12-16)31-22(18)33(32)21-8-6-7-20(30-21)25(2,3)4/h6-8,11-12,14,27H,5,9-10,13H2,1-4H3,(H,28,29,31). The lowest BCUT2D eigenvalue weighted by molar-refractivity contribution is 0.545. The fraction of sp³-hybridized carbons (Fsp3) is 0.360. The fourth-order valence-corrected chi connectivity index (χ4v) is 4.33.